The number of hydrogen-bond acceptors (Lipinski definition) is 3. The molecule has 1 atom stereocenters. The molecule has 0 bridgehead atoms. The lowest BCUT2D eigenvalue weighted by Gasteiger charge is -2.33. The van der Waals surface area contributed by atoms with Crippen LogP contribution in [0.25, 0.3) is 0 Å². The van der Waals surface area contributed by atoms with Gasteiger partial charge in [0, 0.05) is 44.1 Å². The lowest BCUT2D eigenvalue weighted by molar-refractivity contribution is 0.158. The van der Waals surface area contributed by atoms with E-state index in [1.165, 1.54) is 5.82 Å². The fraction of sp³-hybridized carbons (Fsp3) is 0.750. The Bertz CT molecular complexity index is 332. The Hall–Kier alpha value is -0.870. The molecule has 1 aliphatic heterocycles. The highest BCUT2D eigenvalue weighted by Crippen LogP contribution is 2.12. The highest BCUT2D eigenvalue weighted by molar-refractivity contribution is 4.96. The van der Waals surface area contributed by atoms with Crippen LogP contribution in [0.1, 0.15) is 26.6 Å². The fourth-order valence-corrected chi connectivity index (χ4v) is 2.10. The van der Waals surface area contributed by atoms with E-state index in [0.29, 0.717) is 12.1 Å². The van der Waals surface area contributed by atoms with Crippen LogP contribution in [0.4, 0.5) is 0 Å². The fourth-order valence-electron chi connectivity index (χ4n) is 2.10. The van der Waals surface area contributed by atoms with Crippen LogP contribution >= 0.6 is 0 Å². The maximum Gasteiger partial charge on any atom is 0.122 e. The molecule has 2 rings (SSSR count). The van der Waals surface area contributed by atoms with Gasteiger partial charge in [-0.15, -0.1) is 0 Å². The van der Waals surface area contributed by atoms with Crippen molar-refractivity contribution in [3.05, 3.63) is 18.2 Å². The monoisotopic (exact) mass is 222 g/mol. The van der Waals surface area contributed by atoms with E-state index in [9.17, 15) is 0 Å². The summed E-state index contributed by atoms with van der Waals surface area (Å²) in [6, 6.07) is 1.14. The van der Waals surface area contributed by atoms with Crippen molar-refractivity contribution in [2.24, 2.45) is 0 Å². The number of aromatic nitrogens is 2. The van der Waals surface area contributed by atoms with Crippen LogP contribution < -0.4 is 5.32 Å². The number of hydrogen-bond donors (Lipinski definition) is 1. The van der Waals surface area contributed by atoms with Gasteiger partial charge in [-0.05, 0) is 6.92 Å². The minimum atomic E-state index is 0.564. The van der Waals surface area contributed by atoms with Gasteiger partial charge in [-0.25, -0.2) is 4.98 Å². The zero-order valence-corrected chi connectivity index (χ0v) is 10.5. The number of fused-ring (bicyclic) bond motifs is 1. The van der Waals surface area contributed by atoms with E-state index in [2.05, 4.69) is 46.7 Å². The van der Waals surface area contributed by atoms with Gasteiger partial charge in [0.1, 0.15) is 5.82 Å². The average Bonchev–Trinajstić information content (AvgIpc) is 2.72. The summed E-state index contributed by atoms with van der Waals surface area (Å²) in [5.41, 5.74) is 0. The first-order valence-electron chi connectivity index (χ1n) is 6.14. The molecule has 2 heterocycles. The molecule has 1 unspecified atom stereocenters. The molecule has 4 nitrogen and oxygen atoms in total. The quantitative estimate of drug-likeness (QED) is 0.827. The van der Waals surface area contributed by atoms with E-state index >= 15 is 0 Å². The molecule has 0 saturated carbocycles. The van der Waals surface area contributed by atoms with Gasteiger partial charge in [-0.2, -0.15) is 0 Å². The molecule has 1 aromatic rings. The van der Waals surface area contributed by atoms with Gasteiger partial charge >= 0.3 is 0 Å². The summed E-state index contributed by atoms with van der Waals surface area (Å²) in [5, 5.41) is 3.49. The van der Waals surface area contributed by atoms with Gasteiger partial charge in [-0.1, -0.05) is 13.8 Å². The van der Waals surface area contributed by atoms with Crippen molar-refractivity contribution in [2.45, 2.75) is 45.9 Å². The van der Waals surface area contributed by atoms with Crippen molar-refractivity contribution in [3.63, 3.8) is 0 Å². The molecule has 0 saturated heterocycles. The molecule has 90 valence electrons. The van der Waals surface area contributed by atoms with Crippen LogP contribution in [0.5, 0.6) is 0 Å². The summed E-state index contributed by atoms with van der Waals surface area (Å²) in [4.78, 5) is 6.88. The highest BCUT2D eigenvalue weighted by atomic mass is 15.3. The first kappa shape index (κ1) is 11.6. The van der Waals surface area contributed by atoms with Crippen LogP contribution in [0.3, 0.4) is 0 Å². The lowest BCUT2D eigenvalue weighted by atomic mass is 10.2. The van der Waals surface area contributed by atoms with Crippen molar-refractivity contribution in [1.82, 2.24) is 19.8 Å². The second kappa shape index (κ2) is 4.97. The number of nitrogens with zero attached hydrogens (tertiary/aromatic N) is 3. The SMILES string of the molecule is CC(C)NCC(C)N1CCn2ccnc2C1. The van der Waals surface area contributed by atoms with Gasteiger partial charge in [0.05, 0.1) is 6.54 Å². The summed E-state index contributed by atoms with van der Waals surface area (Å²) in [6.07, 6.45) is 3.97. The van der Waals surface area contributed by atoms with Crippen molar-refractivity contribution in [1.29, 1.82) is 0 Å². The third kappa shape index (κ3) is 2.62. The third-order valence-corrected chi connectivity index (χ3v) is 3.22. The molecular formula is C12H22N4. The maximum absolute atomic E-state index is 4.39. The minimum absolute atomic E-state index is 0.564. The standard InChI is InChI=1S/C12H22N4/c1-10(2)14-8-11(3)16-7-6-15-5-4-13-12(15)9-16/h4-5,10-11,14H,6-9H2,1-3H3. The van der Waals surface area contributed by atoms with Crippen LogP contribution in [0.2, 0.25) is 0 Å². The summed E-state index contributed by atoms with van der Waals surface area (Å²) in [5.74, 6) is 1.20. The minimum Gasteiger partial charge on any atom is -0.333 e. The molecule has 0 aliphatic carbocycles. The predicted molar refractivity (Wildman–Crippen MR) is 65.2 cm³/mol. The first-order valence-corrected chi connectivity index (χ1v) is 6.14. The Kier molecular flexibility index (Phi) is 3.61. The normalized spacial score (nSPS) is 18.8. The van der Waals surface area contributed by atoms with Gasteiger partial charge in [0.15, 0.2) is 0 Å². The Labute approximate surface area is 97.7 Å². The molecule has 0 amide bonds. The Balaban J connectivity index is 1.88. The van der Waals surface area contributed by atoms with Crippen LogP contribution in [-0.2, 0) is 13.1 Å². The molecule has 4 heteroatoms. The summed E-state index contributed by atoms with van der Waals surface area (Å²) in [6.45, 7) is 10.9. The summed E-state index contributed by atoms with van der Waals surface area (Å²) >= 11 is 0. The number of nitrogens with one attached hydrogen (secondary N) is 1. The van der Waals surface area contributed by atoms with E-state index in [-0.39, 0.29) is 0 Å². The topological polar surface area (TPSA) is 33.1 Å². The smallest absolute Gasteiger partial charge is 0.122 e. The summed E-state index contributed by atoms with van der Waals surface area (Å²) in [7, 11) is 0. The predicted octanol–water partition coefficient (Wildman–Crippen LogP) is 1.09. The second-order valence-corrected chi connectivity index (χ2v) is 4.92. The van der Waals surface area contributed by atoms with Crippen LogP contribution in [0, 0.1) is 0 Å². The lowest BCUT2D eigenvalue weighted by Crippen LogP contribution is -2.45. The van der Waals surface area contributed by atoms with E-state index < -0.39 is 0 Å². The Morgan fingerprint density at radius 3 is 2.94 bits per heavy atom. The van der Waals surface area contributed by atoms with Crippen molar-refractivity contribution in [3.8, 4) is 0 Å². The highest BCUT2D eigenvalue weighted by Gasteiger charge is 2.20. The number of imidazole rings is 1. The van der Waals surface area contributed by atoms with E-state index in [0.717, 1.165) is 26.2 Å². The molecule has 1 aromatic heterocycles. The van der Waals surface area contributed by atoms with Gasteiger partial charge < -0.3 is 9.88 Å². The van der Waals surface area contributed by atoms with E-state index in [1.54, 1.807) is 0 Å². The van der Waals surface area contributed by atoms with Crippen molar-refractivity contribution < 1.29 is 0 Å². The third-order valence-electron chi connectivity index (χ3n) is 3.22. The zero-order valence-electron chi connectivity index (χ0n) is 10.5. The van der Waals surface area contributed by atoms with Crippen molar-refractivity contribution in [2.75, 3.05) is 13.1 Å². The molecular weight excluding hydrogens is 200 g/mol. The van der Waals surface area contributed by atoms with E-state index in [4.69, 9.17) is 0 Å². The Morgan fingerprint density at radius 2 is 2.19 bits per heavy atom. The molecule has 0 spiro atoms. The molecule has 16 heavy (non-hydrogen) atoms. The van der Waals surface area contributed by atoms with Crippen LogP contribution in [0.15, 0.2) is 12.4 Å². The average molecular weight is 222 g/mol. The number of rotatable bonds is 4. The molecule has 0 radical (unpaired) electrons. The second-order valence-electron chi connectivity index (χ2n) is 4.92. The van der Waals surface area contributed by atoms with Gasteiger partial charge in [0.2, 0.25) is 0 Å². The van der Waals surface area contributed by atoms with E-state index in [1.807, 2.05) is 6.20 Å². The van der Waals surface area contributed by atoms with Gasteiger partial charge in [-0.3, -0.25) is 4.90 Å². The largest absolute Gasteiger partial charge is 0.333 e. The van der Waals surface area contributed by atoms with Gasteiger partial charge in [0.25, 0.3) is 0 Å². The molecule has 0 aromatic carbocycles. The molecule has 0 fully saturated rings. The molecule has 1 aliphatic rings. The Morgan fingerprint density at radius 1 is 1.38 bits per heavy atom. The van der Waals surface area contributed by atoms with Crippen molar-refractivity contribution >= 4 is 0 Å². The molecule has 1 N–H and O–H groups in total. The zero-order chi connectivity index (χ0) is 11.5. The summed E-state index contributed by atoms with van der Waals surface area (Å²) < 4.78 is 2.25. The first-order chi connectivity index (χ1) is 7.66. The maximum atomic E-state index is 4.39. The van der Waals surface area contributed by atoms with Crippen LogP contribution in [-0.4, -0.2) is 39.6 Å².